The van der Waals surface area contributed by atoms with Crippen molar-refractivity contribution >= 4 is 6.16 Å². The molecule has 0 aromatic rings. The summed E-state index contributed by atoms with van der Waals surface area (Å²) in [6, 6.07) is 0. The smallest absolute Gasteiger partial charge is 0.431 e. The molecule has 0 N–H and O–H groups in total. The van der Waals surface area contributed by atoms with E-state index >= 15 is 0 Å². The Balaban J connectivity index is 1.80. The third-order valence-corrected chi connectivity index (χ3v) is 10.1. The topological polar surface area (TPSA) is 60.5 Å². The van der Waals surface area contributed by atoms with Gasteiger partial charge >= 0.3 is 6.16 Å². The first-order valence-electron chi connectivity index (χ1n) is 19.8. The molecule has 0 aromatic carbocycles. The average Bonchev–Trinajstić information content (AvgIpc) is 2.96. The standard InChI is InChI=1S/C41H76N2O5/c1-11-13-15-17-19-21-23-25-27-29-45-42-38(3,4)31-35(32-39(42,5)6)47-37(44)48-36-33-40(7,8)43(41(9,10)34-36)46-30-28-26-24-22-20-18-16-14-12-2/h27-30,35-36H,11-26,31-34H2,1-10H3. The van der Waals surface area contributed by atoms with E-state index in [9.17, 15) is 4.79 Å². The van der Waals surface area contributed by atoms with Gasteiger partial charge in [0.05, 0.1) is 22.2 Å². The summed E-state index contributed by atoms with van der Waals surface area (Å²) in [6.07, 6.45) is 30.0. The van der Waals surface area contributed by atoms with E-state index in [0.29, 0.717) is 25.7 Å². The van der Waals surface area contributed by atoms with Crippen molar-refractivity contribution < 1.29 is 23.9 Å². The predicted molar refractivity (Wildman–Crippen MR) is 199 cm³/mol. The lowest BCUT2D eigenvalue weighted by atomic mass is 9.80. The van der Waals surface area contributed by atoms with Crippen LogP contribution in [-0.2, 0) is 19.1 Å². The van der Waals surface area contributed by atoms with Gasteiger partial charge in [0.1, 0.15) is 24.7 Å². The number of ether oxygens (including phenoxy) is 2. The number of carbonyl (C=O) groups is 1. The van der Waals surface area contributed by atoms with Gasteiger partial charge < -0.3 is 19.1 Å². The van der Waals surface area contributed by atoms with Crippen molar-refractivity contribution in [2.24, 2.45) is 0 Å². The van der Waals surface area contributed by atoms with Crippen molar-refractivity contribution in [1.82, 2.24) is 10.1 Å². The number of unbranched alkanes of at least 4 members (excludes halogenated alkanes) is 14. The molecule has 2 rings (SSSR count). The van der Waals surface area contributed by atoms with Crippen molar-refractivity contribution in [3.05, 3.63) is 24.7 Å². The lowest BCUT2D eigenvalue weighted by Crippen LogP contribution is -2.62. The summed E-state index contributed by atoms with van der Waals surface area (Å²) in [4.78, 5) is 25.6. The van der Waals surface area contributed by atoms with E-state index in [1.165, 1.54) is 89.9 Å². The summed E-state index contributed by atoms with van der Waals surface area (Å²) in [5.41, 5.74) is -1.26. The van der Waals surface area contributed by atoms with Gasteiger partial charge in [-0.3, -0.25) is 0 Å². The molecule has 7 nitrogen and oxygen atoms in total. The monoisotopic (exact) mass is 677 g/mol. The molecular weight excluding hydrogens is 600 g/mol. The van der Waals surface area contributed by atoms with E-state index in [1.807, 2.05) is 12.5 Å². The number of nitrogens with zero attached hydrogens (tertiary/aromatic N) is 2. The molecule has 0 spiro atoms. The second kappa shape index (κ2) is 20.8. The number of allylic oxidation sites excluding steroid dienone is 2. The minimum atomic E-state index is -0.573. The Morgan fingerprint density at radius 2 is 0.812 bits per heavy atom. The third kappa shape index (κ3) is 15.0. The number of hydrogen-bond acceptors (Lipinski definition) is 7. The van der Waals surface area contributed by atoms with Gasteiger partial charge in [-0.05, 0) is 93.2 Å². The molecule has 2 fully saturated rings. The highest BCUT2D eigenvalue weighted by Gasteiger charge is 2.50. The summed E-state index contributed by atoms with van der Waals surface area (Å²) in [7, 11) is 0. The lowest BCUT2D eigenvalue weighted by molar-refractivity contribution is -0.267. The number of rotatable bonds is 22. The van der Waals surface area contributed by atoms with Crippen LogP contribution in [0.15, 0.2) is 24.7 Å². The van der Waals surface area contributed by atoms with Crippen LogP contribution in [-0.4, -0.2) is 50.6 Å². The number of piperidine rings is 2. The number of carbonyl (C=O) groups excluding carboxylic acids is 1. The van der Waals surface area contributed by atoms with E-state index in [2.05, 4.69) is 91.5 Å². The second-order valence-corrected chi connectivity index (χ2v) is 17.2. The fourth-order valence-corrected chi connectivity index (χ4v) is 8.16. The van der Waals surface area contributed by atoms with Crippen molar-refractivity contribution in [2.45, 2.75) is 232 Å². The first-order chi connectivity index (χ1) is 22.6. The summed E-state index contributed by atoms with van der Waals surface area (Å²) < 4.78 is 12.0. The van der Waals surface area contributed by atoms with Crippen LogP contribution in [0.3, 0.4) is 0 Å². The normalized spacial score (nSPS) is 21.5. The maximum atomic E-state index is 13.2. The van der Waals surface area contributed by atoms with Crippen LogP contribution in [0.5, 0.6) is 0 Å². The van der Waals surface area contributed by atoms with Crippen LogP contribution < -0.4 is 0 Å². The van der Waals surface area contributed by atoms with E-state index in [-0.39, 0.29) is 34.4 Å². The van der Waals surface area contributed by atoms with Crippen LogP contribution in [0.25, 0.3) is 0 Å². The largest absolute Gasteiger partial charge is 0.508 e. The molecule has 2 saturated heterocycles. The van der Waals surface area contributed by atoms with Crippen LogP contribution in [0.2, 0.25) is 0 Å². The molecule has 0 amide bonds. The fourth-order valence-electron chi connectivity index (χ4n) is 8.16. The van der Waals surface area contributed by atoms with Crippen LogP contribution >= 0.6 is 0 Å². The van der Waals surface area contributed by atoms with E-state index in [0.717, 1.165) is 12.8 Å². The minimum Gasteiger partial charge on any atom is -0.431 e. The third-order valence-electron chi connectivity index (χ3n) is 10.1. The second-order valence-electron chi connectivity index (χ2n) is 17.2. The summed E-state index contributed by atoms with van der Waals surface area (Å²) in [6.45, 7) is 21.8. The van der Waals surface area contributed by atoms with Crippen LogP contribution in [0.1, 0.15) is 198 Å². The van der Waals surface area contributed by atoms with Crippen molar-refractivity contribution in [3.63, 3.8) is 0 Å². The molecule has 0 aromatic heterocycles. The summed E-state index contributed by atoms with van der Waals surface area (Å²) in [5, 5.41) is 4.16. The average molecular weight is 677 g/mol. The quantitative estimate of drug-likeness (QED) is 0.0642. The highest BCUT2D eigenvalue weighted by molar-refractivity contribution is 5.60. The predicted octanol–water partition coefficient (Wildman–Crippen LogP) is 12.4. The number of hydroxylamine groups is 4. The maximum absolute atomic E-state index is 13.2. The highest BCUT2D eigenvalue weighted by Crippen LogP contribution is 2.42. The molecule has 7 heteroatoms. The highest BCUT2D eigenvalue weighted by atomic mass is 16.7. The molecule has 0 bridgehead atoms. The zero-order valence-corrected chi connectivity index (χ0v) is 33.0. The van der Waals surface area contributed by atoms with Gasteiger partial charge in [0.2, 0.25) is 0 Å². The Kier molecular flexibility index (Phi) is 18.4. The van der Waals surface area contributed by atoms with Gasteiger partial charge in [0.15, 0.2) is 0 Å². The molecule has 2 aliphatic rings. The molecule has 2 aliphatic heterocycles. The van der Waals surface area contributed by atoms with Crippen molar-refractivity contribution in [3.8, 4) is 0 Å². The van der Waals surface area contributed by atoms with Crippen LogP contribution in [0.4, 0.5) is 4.79 Å². The molecule has 0 saturated carbocycles. The first-order valence-corrected chi connectivity index (χ1v) is 19.8. The Labute approximate surface area is 296 Å². The van der Waals surface area contributed by atoms with Crippen molar-refractivity contribution in [2.75, 3.05) is 0 Å². The van der Waals surface area contributed by atoms with Gasteiger partial charge in [0.25, 0.3) is 0 Å². The summed E-state index contributed by atoms with van der Waals surface area (Å²) in [5.74, 6) is 0. The minimum absolute atomic E-state index is 0.245. The first kappa shape index (κ1) is 42.4. The SMILES string of the molecule is CCCCCCCCCC=CON1C(C)(C)CC(OC(=O)OC2CC(C)(C)N(OC=CCCCCCCCCC)C(C)(C)C2)CC1(C)C. The molecule has 2 heterocycles. The van der Waals surface area contributed by atoms with Gasteiger partial charge in [-0.25, -0.2) is 4.79 Å². The molecule has 280 valence electrons. The zero-order valence-electron chi connectivity index (χ0n) is 33.0. The zero-order chi connectivity index (χ0) is 35.7. The Bertz CT molecular complexity index is 846. The van der Waals surface area contributed by atoms with Gasteiger partial charge in [0, 0.05) is 25.7 Å². The fraction of sp³-hybridized carbons (Fsp3) is 0.878. The molecule has 0 aliphatic carbocycles. The lowest BCUT2D eigenvalue weighted by Gasteiger charge is -2.53. The Hall–Kier alpha value is -1.73. The molecule has 48 heavy (non-hydrogen) atoms. The van der Waals surface area contributed by atoms with E-state index in [4.69, 9.17) is 19.1 Å². The van der Waals surface area contributed by atoms with Gasteiger partial charge in [-0.2, -0.15) is 0 Å². The van der Waals surface area contributed by atoms with E-state index in [1.54, 1.807) is 0 Å². The van der Waals surface area contributed by atoms with Crippen LogP contribution in [0, 0.1) is 0 Å². The molecule has 0 unspecified atom stereocenters. The number of hydrogen-bond donors (Lipinski definition) is 0. The van der Waals surface area contributed by atoms with Crippen molar-refractivity contribution in [1.29, 1.82) is 0 Å². The Morgan fingerprint density at radius 1 is 0.521 bits per heavy atom. The van der Waals surface area contributed by atoms with E-state index < -0.39 is 6.16 Å². The molecular formula is C41H76N2O5. The van der Waals surface area contributed by atoms with Gasteiger partial charge in [-0.15, -0.1) is 10.1 Å². The molecule has 0 atom stereocenters. The maximum Gasteiger partial charge on any atom is 0.508 e. The van der Waals surface area contributed by atoms with Gasteiger partial charge in [-0.1, -0.05) is 90.9 Å². The summed E-state index contributed by atoms with van der Waals surface area (Å²) >= 11 is 0. The Morgan fingerprint density at radius 3 is 1.12 bits per heavy atom. The molecule has 0 radical (unpaired) electrons.